The Morgan fingerprint density at radius 3 is 2.81 bits per heavy atom. The third-order valence-electron chi connectivity index (χ3n) is 4.00. The molecule has 0 fully saturated rings. The van der Waals surface area contributed by atoms with E-state index in [9.17, 15) is 0 Å². The molecule has 1 aliphatic rings. The highest BCUT2D eigenvalue weighted by Crippen LogP contribution is 2.38. The monoisotopic (exact) mass is 292 g/mol. The molecule has 0 saturated carbocycles. The first kappa shape index (κ1) is 12.6. The summed E-state index contributed by atoms with van der Waals surface area (Å²) in [5.41, 5.74) is 6.76. The van der Waals surface area contributed by atoms with E-state index in [0.29, 0.717) is 0 Å². The lowest BCUT2D eigenvalue weighted by molar-refractivity contribution is 0.869. The highest BCUT2D eigenvalue weighted by Gasteiger charge is 2.18. The summed E-state index contributed by atoms with van der Waals surface area (Å²) in [6.45, 7) is 2.15. The van der Waals surface area contributed by atoms with Crippen LogP contribution in [0.1, 0.15) is 29.1 Å². The van der Waals surface area contributed by atoms with Crippen molar-refractivity contribution in [2.45, 2.75) is 19.4 Å². The predicted molar refractivity (Wildman–Crippen MR) is 88.8 cm³/mol. The van der Waals surface area contributed by atoms with E-state index in [1.54, 1.807) is 11.3 Å². The maximum absolute atomic E-state index is 4.37. The molecule has 0 radical (unpaired) electrons. The molecule has 0 spiro atoms. The summed E-state index contributed by atoms with van der Waals surface area (Å²) >= 11 is 1.69. The molecule has 1 heterocycles. The Hall–Kier alpha value is -2.13. The summed E-state index contributed by atoms with van der Waals surface area (Å²) < 4.78 is 0. The van der Waals surface area contributed by atoms with E-state index in [2.05, 4.69) is 59.7 Å². The second-order valence-electron chi connectivity index (χ2n) is 5.44. The number of nitrogens with one attached hydrogen (secondary N) is 1. The molecule has 1 N–H and O–H groups in total. The normalized spacial score (nSPS) is 13.6. The van der Waals surface area contributed by atoms with Gasteiger partial charge in [0.1, 0.15) is 5.01 Å². The molecule has 1 unspecified atom stereocenters. The lowest BCUT2D eigenvalue weighted by atomic mass is 10.1. The van der Waals surface area contributed by atoms with Crippen LogP contribution in [0.4, 0.5) is 5.69 Å². The van der Waals surface area contributed by atoms with Crippen molar-refractivity contribution in [2.24, 2.45) is 0 Å². The molecule has 0 aliphatic heterocycles. The molecule has 21 heavy (non-hydrogen) atoms. The van der Waals surface area contributed by atoms with Gasteiger partial charge in [0, 0.05) is 17.3 Å². The molecular formula is C18H16N2S. The first-order valence-corrected chi connectivity index (χ1v) is 8.06. The molecule has 2 aromatic carbocycles. The zero-order chi connectivity index (χ0) is 14.2. The van der Waals surface area contributed by atoms with E-state index in [-0.39, 0.29) is 6.04 Å². The Labute approximate surface area is 128 Å². The fourth-order valence-corrected chi connectivity index (χ4v) is 3.64. The molecule has 1 atom stereocenters. The number of hydrogen-bond acceptors (Lipinski definition) is 3. The van der Waals surface area contributed by atoms with Gasteiger partial charge in [-0.1, -0.05) is 30.3 Å². The number of thiazole rings is 1. The van der Waals surface area contributed by atoms with Gasteiger partial charge in [-0.3, -0.25) is 0 Å². The average molecular weight is 292 g/mol. The smallest absolute Gasteiger partial charge is 0.115 e. The molecule has 104 valence electrons. The van der Waals surface area contributed by atoms with Crippen molar-refractivity contribution in [1.29, 1.82) is 0 Å². The van der Waals surface area contributed by atoms with Gasteiger partial charge in [0.2, 0.25) is 0 Å². The van der Waals surface area contributed by atoms with Crippen LogP contribution < -0.4 is 5.32 Å². The van der Waals surface area contributed by atoms with Crippen molar-refractivity contribution >= 4 is 17.0 Å². The maximum Gasteiger partial charge on any atom is 0.115 e. The van der Waals surface area contributed by atoms with Gasteiger partial charge in [0.25, 0.3) is 0 Å². The first-order chi connectivity index (χ1) is 10.3. The van der Waals surface area contributed by atoms with Crippen LogP contribution in [0.2, 0.25) is 0 Å². The Balaban J connectivity index is 1.62. The Kier molecular flexibility index (Phi) is 3.00. The zero-order valence-corrected chi connectivity index (χ0v) is 12.7. The molecule has 4 rings (SSSR count). The van der Waals surface area contributed by atoms with E-state index in [1.165, 1.54) is 27.9 Å². The lowest BCUT2D eigenvalue weighted by Gasteiger charge is -2.14. The van der Waals surface area contributed by atoms with Crippen LogP contribution in [0.3, 0.4) is 0 Å². The summed E-state index contributed by atoms with van der Waals surface area (Å²) in [7, 11) is 0. The molecule has 2 nitrogen and oxygen atoms in total. The number of rotatable bonds is 3. The van der Waals surface area contributed by atoms with Gasteiger partial charge >= 0.3 is 0 Å². The second kappa shape index (κ2) is 5.01. The second-order valence-corrected chi connectivity index (χ2v) is 6.37. The Bertz CT molecular complexity index is 778. The van der Waals surface area contributed by atoms with Crippen LogP contribution in [-0.2, 0) is 6.42 Å². The first-order valence-electron chi connectivity index (χ1n) is 7.18. The van der Waals surface area contributed by atoms with E-state index < -0.39 is 0 Å². The molecule has 1 aromatic heterocycles. The summed E-state index contributed by atoms with van der Waals surface area (Å²) in [6.07, 6.45) is 2.89. The van der Waals surface area contributed by atoms with Crippen LogP contribution in [0, 0.1) is 0 Å². The van der Waals surface area contributed by atoms with Crippen molar-refractivity contribution in [3.05, 3.63) is 70.2 Å². The van der Waals surface area contributed by atoms with Crippen molar-refractivity contribution in [1.82, 2.24) is 4.98 Å². The number of hydrogen-bond donors (Lipinski definition) is 1. The third kappa shape index (κ3) is 2.24. The minimum absolute atomic E-state index is 0.242. The van der Waals surface area contributed by atoms with Crippen LogP contribution in [0.25, 0.3) is 11.1 Å². The fourth-order valence-electron chi connectivity index (χ4n) is 2.99. The summed E-state index contributed by atoms with van der Waals surface area (Å²) in [4.78, 5) is 4.37. The van der Waals surface area contributed by atoms with Gasteiger partial charge in [-0.15, -0.1) is 11.3 Å². The van der Waals surface area contributed by atoms with Crippen LogP contribution in [-0.4, -0.2) is 4.98 Å². The van der Waals surface area contributed by atoms with Crippen molar-refractivity contribution in [3.63, 3.8) is 0 Å². The number of benzene rings is 2. The minimum Gasteiger partial charge on any atom is -0.376 e. The van der Waals surface area contributed by atoms with Gasteiger partial charge in [-0.25, -0.2) is 4.98 Å². The third-order valence-corrected chi connectivity index (χ3v) is 4.96. The molecule has 0 saturated heterocycles. The molecule has 1 aliphatic carbocycles. The van der Waals surface area contributed by atoms with Crippen LogP contribution >= 0.6 is 11.3 Å². The zero-order valence-electron chi connectivity index (χ0n) is 11.8. The highest BCUT2D eigenvalue weighted by atomic mass is 32.1. The largest absolute Gasteiger partial charge is 0.376 e. The Morgan fingerprint density at radius 1 is 1.10 bits per heavy atom. The number of anilines is 1. The van der Waals surface area contributed by atoms with Gasteiger partial charge in [-0.05, 0) is 47.7 Å². The summed E-state index contributed by atoms with van der Waals surface area (Å²) in [6, 6.07) is 15.6. The quantitative estimate of drug-likeness (QED) is 0.581. The van der Waals surface area contributed by atoms with E-state index in [4.69, 9.17) is 0 Å². The molecule has 3 aromatic rings. The highest BCUT2D eigenvalue weighted by molar-refractivity contribution is 7.09. The summed E-state index contributed by atoms with van der Waals surface area (Å²) in [5.74, 6) is 0. The molecule has 3 heteroatoms. The fraction of sp³-hybridized carbons (Fsp3) is 0.167. The topological polar surface area (TPSA) is 24.9 Å². The molecule has 0 amide bonds. The number of aromatic nitrogens is 1. The van der Waals surface area contributed by atoms with Gasteiger partial charge < -0.3 is 5.32 Å². The van der Waals surface area contributed by atoms with E-state index >= 15 is 0 Å². The van der Waals surface area contributed by atoms with E-state index in [0.717, 1.165) is 11.4 Å². The van der Waals surface area contributed by atoms with Crippen molar-refractivity contribution < 1.29 is 0 Å². The predicted octanol–water partition coefficient (Wildman–Crippen LogP) is 4.89. The van der Waals surface area contributed by atoms with Crippen molar-refractivity contribution in [2.75, 3.05) is 5.32 Å². The van der Waals surface area contributed by atoms with Gasteiger partial charge in [0.05, 0.1) is 6.04 Å². The van der Waals surface area contributed by atoms with Crippen LogP contribution in [0.5, 0.6) is 0 Å². The van der Waals surface area contributed by atoms with Crippen LogP contribution in [0.15, 0.2) is 54.0 Å². The van der Waals surface area contributed by atoms with E-state index in [1.807, 2.05) is 11.6 Å². The van der Waals surface area contributed by atoms with Crippen molar-refractivity contribution in [3.8, 4) is 11.1 Å². The summed E-state index contributed by atoms with van der Waals surface area (Å²) in [5, 5.41) is 6.69. The number of nitrogens with zero attached hydrogens (tertiary/aromatic N) is 1. The van der Waals surface area contributed by atoms with Gasteiger partial charge in [0.15, 0.2) is 0 Å². The van der Waals surface area contributed by atoms with Gasteiger partial charge in [-0.2, -0.15) is 0 Å². The lowest BCUT2D eigenvalue weighted by Crippen LogP contribution is -2.06. The maximum atomic E-state index is 4.37. The Morgan fingerprint density at radius 2 is 1.95 bits per heavy atom. The molecule has 0 bridgehead atoms. The number of fused-ring (bicyclic) bond motifs is 3. The average Bonchev–Trinajstić information content (AvgIpc) is 3.14. The SMILES string of the molecule is CC(Nc1ccc2c(c1)Cc1ccccc1-2)c1nccs1. The molecular weight excluding hydrogens is 276 g/mol. The standard InChI is InChI=1S/C18H16N2S/c1-12(18-19-8-9-21-18)20-15-6-7-17-14(11-15)10-13-4-2-3-5-16(13)17/h2-9,11-12,20H,10H2,1H3. The minimum atomic E-state index is 0.242.